The second-order valence-electron chi connectivity index (χ2n) is 3.64. The van der Waals surface area contributed by atoms with Crippen molar-refractivity contribution in [2.24, 2.45) is 5.92 Å². The van der Waals surface area contributed by atoms with Crippen LogP contribution in [0.5, 0.6) is 5.88 Å². The quantitative estimate of drug-likeness (QED) is 0.723. The Kier molecular flexibility index (Phi) is 3.19. The van der Waals surface area contributed by atoms with E-state index in [0.29, 0.717) is 17.0 Å². The van der Waals surface area contributed by atoms with Gasteiger partial charge in [0.25, 0.3) is 0 Å². The van der Waals surface area contributed by atoms with E-state index in [1.807, 2.05) is 0 Å². The number of halogens is 1. The molecule has 0 spiro atoms. The van der Waals surface area contributed by atoms with Crippen molar-refractivity contribution < 1.29 is 4.74 Å². The third-order valence-corrected chi connectivity index (χ3v) is 2.76. The van der Waals surface area contributed by atoms with Crippen LogP contribution < -0.4 is 4.74 Å². The van der Waals surface area contributed by atoms with Gasteiger partial charge < -0.3 is 4.74 Å². The average molecular weight is 213 g/mol. The fraction of sp³-hybridized carbons (Fsp3) is 0.600. The molecule has 1 heterocycles. The molecule has 1 aliphatic carbocycles. The lowest BCUT2D eigenvalue weighted by Gasteiger charge is -2.09. The van der Waals surface area contributed by atoms with Crippen molar-refractivity contribution in [2.75, 3.05) is 6.61 Å². The number of nitrogens with zero attached hydrogens (tertiary/aromatic N) is 2. The Bertz CT molecular complexity index is 300. The average Bonchev–Trinajstić information content (AvgIpc) is 2.67. The molecule has 14 heavy (non-hydrogen) atoms. The molecule has 4 heteroatoms. The Morgan fingerprint density at radius 3 is 2.86 bits per heavy atom. The molecule has 1 saturated carbocycles. The number of ether oxygens (including phenoxy) is 1. The predicted molar refractivity (Wildman–Crippen MR) is 54.5 cm³/mol. The van der Waals surface area contributed by atoms with Gasteiger partial charge in [-0.25, -0.2) is 9.97 Å². The first-order valence-electron chi connectivity index (χ1n) is 4.95. The van der Waals surface area contributed by atoms with Crippen LogP contribution in [0.3, 0.4) is 0 Å². The first-order chi connectivity index (χ1) is 6.84. The van der Waals surface area contributed by atoms with E-state index in [-0.39, 0.29) is 0 Å². The summed E-state index contributed by atoms with van der Waals surface area (Å²) in [7, 11) is 0. The highest BCUT2D eigenvalue weighted by Crippen LogP contribution is 2.25. The van der Waals surface area contributed by atoms with E-state index < -0.39 is 0 Å². The van der Waals surface area contributed by atoms with Crippen LogP contribution >= 0.6 is 11.6 Å². The SMILES string of the molecule is Clc1cc(OCC2CCCC2)ncn1. The molecule has 1 aliphatic rings. The van der Waals surface area contributed by atoms with Crippen molar-refractivity contribution in [2.45, 2.75) is 25.7 Å². The molecule has 76 valence electrons. The van der Waals surface area contributed by atoms with Gasteiger partial charge in [0.2, 0.25) is 5.88 Å². The fourth-order valence-electron chi connectivity index (χ4n) is 1.78. The minimum Gasteiger partial charge on any atom is -0.477 e. The van der Waals surface area contributed by atoms with E-state index in [1.54, 1.807) is 6.07 Å². The van der Waals surface area contributed by atoms with Gasteiger partial charge in [0.15, 0.2) is 0 Å². The van der Waals surface area contributed by atoms with Crippen molar-refractivity contribution in [1.82, 2.24) is 9.97 Å². The van der Waals surface area contributed by atoms with Crippen LogP contribution in [0.25, 0.3) is 0 Å². The van der Waals surface area contributed by atoms with Crippen molar-refractivity contribution in [3.8, 4) is 5.88 Å². The van der Waals surface area contributed by atoms with Crippen LogP contribution in [-0.2, 0) is 0 Å². The van der Waals surface area contributed by atoms with Crippen LogP contribution in [0.4, 0.5) is 0 Å². The van der Waals surface area contributed by atoms with Crippen molar-refractivity contribution in [3.05, 3.63) is 17.5 Å². The van der Waals surface area contributed by atoms with Crippen molar-refractivity contribution >= 4 is 11.6 Å². The smallest absolute Gasteiger partial charge is 0.217 e. The minimum atomic E-state index is 0.432. The van der Waals surface area contributed by atoms with Crippen LogP contribution in [0.2, 0.25) is 5.15 Å². The molecule has 0 atom stereocenters. The molecule has 0 amide bonds. The monoisotopic (exact) mass is 212 g/mol. The highest BCUT2D eigenvalue weighted by Gasteiger charge is 2.15. The Hall–Kier alpha value is -0.830. The summed E-state index contributed by atoms with van der Waals surface area (Å²) in [4.78, 5) is 7.78. The van der Waals surface area contributed by atoms with Crippen molar-refractivity contribution in [1.29, 1.82) is 0 Å². The van der Waals surface area contributed by atoms with Gasteiger partial charge in [0, 0.05) is 6.07 Å². The molecule has 0 bridgehead atoms. The van der Waals surface area contributed by atoms with E-state index >= 15 is 0 Å². The van der Waals surface area contributed by atoms with Gasteiger partial charge in [0.05, 0.1) is 6.61 Å². The molecule has 2 rings (SSSR count). The summed E-state index contributed by atoms with van der Waals surface area (Å²) >= 11 is 5.71. The van der Waals surface area contributed by atoms with Gasteiger partial charge in [-0.2, -0.15) is 0 Å². The van der Waals surface area contributed by atoms with Crippen LogP contribution in [-0.4, -0.2) is 16.6 Å². The first-order valence-corrected chi connectivity index (χ1v) is 5.33. The van der Waals surface area contributed by atoms with Gasteiger partial charge >= 0.3 is 0 Å². The zero-order chi connectivity index (χ0) is 9.80. The highest BCUT2D eigenvalue weighted by molar-refractivity contribution is 6.29. The van der Waals surface area contributed by atoms with Crippen LogP contribution in [0.1, 0.15) is 25.7 Å². The molecule has 1 fully saturated rings. The maximum atomic E-state index is 5.71. The van der Waals surface area contributed by atoms with Gasteiger partial charge in [-0.3, -0.25) is 0 Å². The molecular formula is C10H13ClN2O. The molecule has 0 radical (unpaired) electrons. The van der Waals surface area contributed by atoms with Gasteiger partial charge in [-0.1, -0.05) is 24.4 Å². The second-order valence-corrected chi connectivity index (χ2v) is 4.03. The zero-order valence-electron chi connectivity index (χ0n) is 7.95. The molecule has 0 unspecified atom stereocenters. The Morgan fingerprint density at radius 1 is 1.36 bits per heavy atom. The zero-order valence-corrected chi connectivity index (χ0v) is 8.70. The maximum Gasteiger partial charge on any atom is 0.217 e. The summed E-state index contributed by atoms with van der Waals surface area (Å²) in [5.74, 6) is 1.28. The number of hydrogen-bond acceptors (Lipinski definition) is 3. The van der Waals surface area contributed by atoms with E-state index in [9.17, 15) is 0 Å². The third kappa shape index (κ3) is 2.58. The summed E-state index contributed by atoms with van der Waals surface area (Å²) < 4.78 is 5.54. The standard InChI is InChI=1S/C10H13ClN2O/c11-9-5-10(13-7-12-9)14-6-8-3-1-2-4-8/h5,7-8H,1-4,6H2. The molecule has 0 aromatic carbocycles. The second kappa shape index (κ2) is 4.60. The molecule has 3 nitrogen and oxygen atoms in total. The van der Waals surface area contributed by atoms with E-state index in [2.05, 4.69) is 9.97 Å². The highest BCUT2D eigenvalue weighted by atomic mass is 35.5. The molecule has 1 aromatic rings. The minimum absolute atomic E-state index is 0.432. The Balaban J connectivity index is 1.85. The number of aromatic nitrogens is 2. The van der Waals surface area contributed by atoms with Gasteiger partial charge in [-0.15, -0.1) is 0 Å². The summed E-state index contributed by atoms with van der Waals surface area (Å²) in [6.45, 7) is 0.757. The molecule has 0 aliphatic heterocycles. The van der Waals surface area contributed by atoms with Crippen LogP contribution in [0.15, 0.2) is 12.4 Å². The van der Waals surface area contributed by atoms with Gasteiger partial charge in [0.1, 0.15) is 11.5 Å². The van der Waals surface area contributed by atoms with Crippen molar-refractivity contribution in [3.63, 3.8) is 0 Å². The Labute approximate surface area is 88.5 Å². The lowest BCUT2D eigenvalue weighted by atomic mass is 10.1. The number of rotatable bonds is 3. The molecule has 1 aromatic heterocycles. The Morgan fingerprint density at radius 2 is 2.14 bits per heavy atom. The molecule has 0 saturated heterocycles. The lowest BCUT2D eigenvalue weighted by Crippen LogP contribution is -2.08. The summed E-state index contributed by atoms with van der Waals surface area (Å²) in [5.41, 5.74) is 0. The summed E-state index contributed by atoms with van der Waals surface area (Å²) in [6, 6.07) is 1.65. The summed E-state index contributed by atoms with van der Waals surface area (Å²) in [6.07, 6.45) is 6.64. The summed E-state index contributed by atoms with van der Waals surface area (Å²) in [5, 5.41) is 0.432. The van der Waals surface area contributed by atoms with E-state index in [0.717, 1.165) is 6.61 Å². The largest absolute Gasteiger partial charge is 0.477 e. The fourth-order valence-corrected chi connectivity index (χ4v) is 1.91. The van der Waals surface area contributed by atoms with Gasteiger partial charge in [-0.05, 0) is 18.8 Å². The topological polar surface area (TPSA) is 35.0 Å². The van der Waals surface area contributed by atoms with Crippen LogP contribution in [0, 0.1) is 5.92 Å². The number of hydrogen-bond donors (Lipinski definition) is 0. The van der Waals surface area contributed by atoms with E-state index in [4.69, 9.17) is 16.3 Å². The lowest BCUT2D eigenvalue weighted by molar-refractivity contribution is 0.243. The predicted octanol–water partition coefficient (Wildman–Crippen LogP) is 2.70. The molecular weight excluding hydrogens is 200 g/mol. The molecule has 0 N–H and O–H groups in total. The third-order valence-electron chi connectivity index (χ3n) is 2.55. The van der Waals surface area contributed by atoms with E-state index in [1.165, 1.54) is 32.0 Å². The maximum absolute atomic E-state index is 5.71. The first kappa shape index (κ1) is 9.71. The normalized spacial score (nSPS) is 17.2.